The summed E-state index contributed by atoms with van der Waals surface area (Å²) in [5, 5.41) is 0. The van der Waals surface area contributed by atoms with E-state index in [1.54, 1.807) is 12.0 Å². The van der Waals surface area contributed by atoms with E-state index in [2.05, 4.69) is 4.98 Å². The number of pyridine rings is 1. The van der Waals surface area contributed by atoms with Crippen LogP contribution in [0.5, 0.6) is 0 Å². The quantitative estimate of drug-likeness (QED) is 0.874. The molecule has 1 fully saturated rings. The van der Waals surface area contributed by atoms with Crippen LogP contribution in [0, 0.1) is 0 Å². The number of amides is 1. The number of ether oxygens (including phenoxy) is 1. The maximum absolute atomic E-state index is 12.5. The first-order valence-corrected chi connectivity index (χ1v) is 7.44. The summed E-state index contributed by atoms with van der Waals surface area (Å²) in [4.78, 5) is 28.8. The molecule has 0 spiro atoms. The first-order valence-electron chi connectivity index (χ1n) is 6.29. The van der Waals surface area contributed by atoms with E-state index in [1.165, 1.54) is 18.5 Å². The molecule has 1 aromatic heterocycles. The standard InChI is InChI=1S/C13H18N2O3S/c1-18-6-5-15(10-3-7-19-9-10)13(17)11-8-14-4-2-12(11)16/h2,4,8,10H,3,5-7,9H2,1H3,(H,14,16). The Kier molecular flexibility index (Phi) is 5.04. The van der Waals surface area contributed by atoms with Crippen LogP contribution in [-0.4, -0.2) is 53.6 Å². The third-order valence-electron chi connectivity index (χ3n) is 3.20. The van der Waals surface area contributed by atoms with Gasteiger partial charge in [0.05, 0.1) is 6.61 Å². The SMILES string of the molecule is COCCN(C(=O)c1c[nH]ccc1=O)C1CCSC1. The molecule has 0 saturated carbocycles. The van der Waals surface area contributed by atoms with E-state index in [1.807, 2.05) is 11.8 Å². The summed E-state index contributed by atoms with van der Waals surface area (Å²) in [6.45, 7) is 1.01. The fourth-order valence-corrected chi connectivity index (χ4v) is 3.37. The Morgan fingerprint density at radius 3 is 3.11 bits per heavy atom. The second-order valence-corrected chi connectivity index (χ2v) is 5.58. The molecule has 2 rings (SSSR count). The minimum Gasteiger partial charge on any atom is -0.383 e. The van der Waals surface area contributed by atoms with Crippen molar-refractivity contribution in [1.82, 2.24) is 9.88 Å². The third kappa shape index (κ3) is 3.39. The lowest BCUT2D eigenvalue weighted by molar-refractivity contribution is 0.0623. The Morgan fingerprint density at radius 2 is 2.47 bits per heavy atom. The van der Waals surface area contributed by atoms with Gasteiger partial charge in [0.25, 0.3) is 5.91 Å². The first-order chi connectivity index (χ1) is 9.24. The molecule has 1 aliphatic heterocycles. The zero-order chi connectivity index (χ0) is 13.7. The molecule has 1 saturated heterocycles. The number of hydrogen-bond acceptors (Lipinski definition) is 4. The average Bonchev–Trinajstić information content (AvgIpc) is 2.93. The summed E-state index contributed by atoms with van der Waals surface area (Å²) in [5.41, 5.74) is -0.0349. The lowest BCUT2D eigenvalue weighted by Gasteiger charge is -2.28. The van der Waals surface area contributed by atoms with Crippen molar-refractivity contribution in [1.29, 1.82) is 0 Å². The molecule has 0 aromatic carbocycles. The molecule has 0 radical (unpaired) electrons. The topological polar surface area (TPSA) is 62.4 Å². The number of carbonyl (C=O) groups excluding carboxylic acids is 1. The largest absolute Gasteiger partial charge is 0.383 e. The van der Waals surface area contributed by atoms with E-state index in [4.69, 9.17) is 4.74 Å². The Hall–Kier alpha value is -1.27. The van der Waals surface area contributed by atoms with Crippen molar-refractivity contribution in [3.63, 3.8) is 0 Å². The molecule has 6 heteroatoms. The summed E-state index contributed by atoms with van der Waals surface area (Å²) in [6, 6.07) is 1.58. The van der Waals surface area contributed by atoms with Crippen molar-refractivity contribution in [2.75, 3.05) is 31.8 Å². The van der Waals surface area contributed by atoms with Gasteiger partial charge in [0.2, 0.25) is 0 Å². The van der Waals surface area contributed by atoms with Crippen LogP contribution in [0.25, 0.3) is 0 Å². The van der Waals surface area contributed by atoms with Crippen molar-refractivity contribution in [3.05, 3.63) is 34.2 Å². The predicted octanol–water partition coefficient (Wildman–Crippen LogP) is 0.969. The van der Waals surface area contributed by atoms with E-state index in [9.17, 15) is 9.59 Å². The molecular weight excluding hydrogens is 264 g/mol. The lowest BCUT2D eigenvalue weighted by Crippen LogP contribution is -2.44. The molecule has 104 valence electrons. The fraction of sp³-hybridized carbons (Fsp3) is 0.538. The van der Waals surface area contributed by atoms with Gasteiger partial charge in [-0.1, -0.05) is 0 Å². The molecule has 1 aromatic rings. The fourth-order valence-electron chi connectivity index (χ4n) is 2.15. The summed E-state index contributed by atoms with van der Waals surface area (Å²) in [7, 11) is 1.61. The van der Waals surface area contributed by atoms with E-state index < -0.39 is 0 Å². The number of rotatable bonds is 5. The Morgan fingerprint density at radius 1 is 1.63 bits per heavy atom. The predicted molar refractivity (Wildman–Crippen MR) is 75.7 cm³/mol. The number of methoxy groups -OCH3 is 1. The summed E-state index contributed by atoms with van der Waals surface area (Å²) < 4.78 is 5.06. The number of thioether (sulfide) groups is 1. The van der Waals surface area contributed by atoms with Crippen LogP contribution < -0.4 is 5.43 Å². The van der Waals surface area contributed by atoms with Crippen LogP contribution in [0.3, 0.4) is 0 Å². The number of carbonyl (C=O) groups is 1. The highest BCUT2D eigenvalue weighted by molar-refractivity contribution is 7.99. The average molecular weight is 282 g/mol. The third-order valence-corrected chi connectivity index (χ3v) is 4.34. The highest BCUT2D eigenvalue weighted by Gasteiger charge is 2.28. The molecular formula is C13H18N2O3S. The Bertz CT molecular complexity index is 483. The van der Waals surface area contributed by atoms with Gasteiger partial charge in [0.1, 0.15) is 5.56 Å². The maximum atomic E-state index is 12.5. The number of H-pyrrole nitrogens is 1. The van der Waals surface area contributed by atoms with Gasteiger partial charge >= 0.3 is 0 Å². The van der Waals surface area contributed by atoms with Crippen LogP contribution in [0.15, 0.2) is 23.3 Å². The minimum atomic E-state index is -0.239. The zero-order valence-electron chi connectivity index (χ0n) is 10.9. The molecule has 1 atom stereocenters. The smallest absolute Gasteiger partial charge is 0.259 e. The van der Waals surface area contributed by atoms with Crippen LogP contribution in [0.2, 0.25) is 0 Å². The van der Waals surface area contributed by atoms with Gasteiger partial charge in [-0.3, -0.25) is 9.59 Å². The molecule has 19 heavy (non-hydrogen) atoms. The van der Waals surface area contributed by atoms with Crippen molar-refractivity contribution in [2.24, 2.45) is 0 Å². The number of hydrogen-bond donors (Lipinski definition) is 1. The highest BCUT2D eigenvalue weighted by Crippen LogP contribution is 2.23. The first kappa shape index (κ1) is 14.1. The van der Waals surface area contributed by atoms with E-state index in [0.29, 0.717) is 13.2 Å². The van der Waals surface area contributed by atoms with E-state index in [0.717, 1.165) is 17.9 Å². The van der Waals surface area contributed by atoms with Crippen molar-refractivity contribution in [3.8, 4) is 0 Å². The van der Waals surface area contributed by atoms with Gasteiger partial charge in [-0.25, -0.2) is 0 Å². The van der Waals surface area contributed by atoms with Gasteiger partial charge in [0.15, 0.2) is 5.43 Å². The Balaban J connectivity index is 2.19. The number of nitrogens with one attached hydrogen (secondary N) is 1. The van der Waals surface area contributed by atoms with Gasteiger partial charge in [-0.15, -0.1) is 0 Å². The van der Waals surface area contributed by atoms with Gasteiger partial charge in [-0.05, 0) is 12.2 Å². The highest BCUT2D eigenvalue weighted by atomic mass is 32.2. The second kappa shape index (κ2) is 6.77. The zero-order valence-corrected chi connectivity index (χ0v) is 11.7. The molecule has 1 unspecified atom stereocenters. The van der Waals surface area contributed by atoms with Crippen LogP contribution >= 0.6 is 11.8 Å². The summed E-state index contributed by atoms with van der Waals surface area (Å²) in [5.74, 6) is 1.79. The van der Waals surface area contributed by atoms with Gasteiger partial charge in [0, 0.05) is 43.9 Å². The van der Waals surface area contributed by atoms with Gasteiger partial charge < -0.3 is 14.6 Å². The van der Waals surface area contributed by atoms with Crippen molar-refractivity contribution in [2.45, 2.75) is 12.5 Å². The monoisotopic (exact) mass is 282 g/mol. The van der Waals surface area contributed by atoms with Gasteiger partial charge in [-0.2, -0.15) is 11.8 Å². The van der Waals surface area contributed by atoms with Crippen LogP contribution in [0.1, 0.15) is 16.8 Å². The van der Waals surface area contributed by atoms with Crippen molar-refractivity contribution < 1.29 is 9.53 Å². The number of aromatic amines is 1. The number of nitrogens with zero attached hydrogens (tertiary/aromatic N) is 1. The normalized spacial score (nSPS) is 18.5. The molecule has 0 bridgehead atoms. The second-order valence-electron chi connectivity index (χ2n) is 4.43. The molecule has 0 aliphatic carbocycles. The minimum absolute atomic E-state index is 0.201. The van der Waals surface area contributed by atoms with Crippen molar-refractivity contribution >= 4 is 17.7 Å². The molecule has 1 N–H and O–H groups in total. The number of aromatic nitrogens is 1. The molecule has 1 amide bonds. The molecule has 2 heterocycles. The maximum Gasteiger partial charge on any atom is 0.259 e. The van der Waals surface area contributed by atoms with E-state index >= 15 is 0 Å². The Labute approximate surface area is 116 Å². The molecule has 1 aliphatic rings. The van der Waals surface area contributed by atoms with Crippen LogP contribution in [0.4, 0.5) is 0 Å². The van der Waals surface area contributed by atoms with E-state index in [-0.39, 0.29) is 22.9 Å². The molecule has 5 nitrogen and oxygen atoms in total. The van der Waals surface area contributed by atoms with Crippen LogP contribution in [-0.2, 0) is 4.74 Å². The lowest BCUT2D eigenvalue weighted by atomic mass is 10.1. The summed E-state index contributed by atoms with van der Waals surface area (Å²) in [6.07, 6.45) is 3.99. The summed E-state index contributed by atoms with van der Waals surface area (Å²) >= 11 is 1.84.